The Morgan fingerprint density at radius 3 is 0.981 bits per heavy atom. The normalized spacial score (nSPS) is 13.0. The van der Waals surface area contributed by atoms with Crippen molar-refractivity contribution in [3.63, 3.8) is 0 Å². The molecule has 2 aliphatic rings. The Kier molecular flexibility index (Phi) is 25.5. The molecular weight excluding hydrogens is 854 g/mol. The zero-order valence-electron chi connectivity index (χ0n) is 36.4. The van der Waals surface area contributed by atoms with Gasteiger partial charge in [-0.15, -0.1) is 106 Å². The molecule has 0 amide bonds. The first-order chi connectivity index (χ1) is 23.9. The summed E-state index contributed by atoms with van der Waals surface area (Å²) in [7, 11) is 0. The maximum atomic E-state index is 3.16. The monoisotopic (exact) mass is 918 g/mol. The van der Waals surface area contributed by atoms with Crippen LogP contribution in [0.1, 0.15) is 135 Å². The van der Waals surface area contributed by atoms with E-state index < -0.39 is 0 Å². The van der Waals surface area contributed by atoms with Gasteiger partial charge >= 0.3 is 82.6 Å². The van der Waals surface area contributed by atoms with Crippen molar-refractivity contribution in [2.45, 2.75) is 134 Å². The van der Waals surface area contributed by atoms with Gasteiger partial charge in [0.15, 0.2) is 0 Å². The Morgan fingerprint density at radius 2 is 0.778 bits per heavy atom. The Hall–Kier alpha value is -1.29. The molecule has 4 heteroatoms. The number of rotatable bonds is 0. The molecule has 0 fully saturated rings. The quantitative estimate of drug-likeness (QED) is 0.155. The van der Waals surface area contributed by atoms with Crippen LogP contribution in [0, 0.1) is 23.0 Å². The molecule has 0 nitrogen and oxygen atoms in total. The van der Waals surface area contributed by atoms with Crippen molar-refractivity contribution >= 4 is 28.0 Å². The van der Waals surface area contributed by atoms with Crippen molar-refractivity contribution < 1.29 is 73.3 Å². The molecule has 0 saturated heterocycles. The predicted molar refractivity (Wildman–Crippen MR) is 229 cm³/mol. The summed E-state index contributed by atoms with van der Waals surface area (Å²) < 4.78 is 3.01. The van der Waals surface area contributed by atoms with Crippen molar-refractivity contribution in [1.82, 2.24) is 0 Å². The van der Waals surface area contributed by atoms with Gasteiger partial charge in [0.2, 0.25) is 0 Å². The average Bonchev–Trinajstić information content (AvgIpc) is 3.83. The molecule has 4 aromatic carbocycles. The van der Waals surface area contributed by atoms with Gasteiger partial charge in [0.1, 0.15) is 0 Å². The van der Waals surface area contributed by atoms with E-state index in [1.165, 1.54) is 50.2 Å². The van der Waals surface area contributed by atoms with Crippen molar-refractivity contribution in [2.24, 2.45) is 10.8 Å². The number of halogens is 2. The molecule has 0 saturated carbocycles. The SMILES string of the molecule is CC(C)(C)C1=CC[C-]=C1.CC(C)(C)C1=CC[C-]=C1.CC(C)(C)c1c[cH-]c2ccccc12.CC(C)(C)c1c[cH-]c2ccccc12.C[C](C)=[Zr+2].C[C](C)=[Zr+2].[Cl-].[Cl-]. The summed E-state index contributed by atoms with van der Waals surface area (Å²) in [5.74, 6) is 0. The molecule has 0 heterocycles. The molecule has 54 heavy (non-hydrogen) atoms. The maximum absolute atomic E-state index is 3.16. The van der Waals surface area contributed by atoms with Crippen molar-refractivity contribution in [2.75, 3.05) is 0 Å². The summed E-state index contributed by atoms with van der Waals surface area (Å²) >= 11 is 3.11. The van der Waals surface area contributed by atoms with E-state index in [9.17, 15) is 0 Å². The van der Waals surface area contributed by atoms with Crippen LogP contribution in [0.4, 0.5) is 0 Å². The minimum Gasteiger partial charge on any atom is -1.00 e. The van der Waals surface area contributed by atoms with Crippen molar-refractivity contribution in [1.29, 1.82) is 0 Å². The van der Waals surface area contributed by atoms with Crippen LogP contribution in [-0.4, -0.2) is 6.41 Å². The Bertz CT molecular complexity index is 1680. The van der Waals surface area contributed by atoms with Crippen molar-refractivity contribution in [3.8, 4) is 0 Å². The molecule has 6 rings (SSSR count). The van der Waals surface area contributed by atoms with Gasteiger partial charge in [-0.05, 0) is 0 Å². The molecule has 292 valence electrons. The first-order valence-electron chi connectivity index (χ1n) is 18.7. The molecule has 0 spiro atoms. The predicted octanol–water partition coefficient (Wildman–Crippen LogP) is 8.66. The number of hydrogen-bond acceptors (Lipinski definition) is 0. The molecule has 0 aliphatic heterocycles. The zero-order chi connectivity index (χ0) is 39.9. The van der Waals surface area contributed by atoms with Crippen LogP contribution in [0.25, 0.3) is 21.5 Å². The van der Waals surface area contributed by atoms with Gasteiger partial charge in [-0.3, -0.25) is 12.2 Å². The van der Waals surface area contributed by atoms with Crippen LogP contribution >= 0.6 is 0 Å². The van der Waals surface area contributed by atoms with Crippen LogP contribution in [0.2, 0.25) is 0 Å². The zero-order valence-corrected chi connectivity index (χ0v) is 42.8. The van der Waals surface area contributed by atoms with E-state index in [1.807, 2.05) is 0 Å². The van der Waals surface area contributed by atoms with E-state index in [2.05, 4.69) is 220 Å². The molecule has 0 N–H and O–H groups in total. The fourth-order valence-corrected chi connectivity index (χ4v) is 5.45. The summed E-state index contributed by atoms with van der Waals surface area (Å²) in [6.07, 6.45) is 17.0. The molecule has 2 aliphatic carbocycles. The first kappa shape index (κ1) is 54.8. The topological polar surface area (TPSA) is 0 Å². The maximum Gasteiger partial charge on any atom is -1.00 e. The number of benzene rings is 2. The minimum absolute atomic E-state index is 0. The summed E-state index contributed by atoms with van der Waals surface area (Å²) in [4.78, 5) is 0. The molecular formula is C50H68Cl2Zr2-2. The third-order valence-electron chi connectivity index (χ3n) is 8.10. The average molecular weight is 922 g/mol. The third-order valence-corrected chi connectivity index (χ3v) is 8.10. The molecule has 4 aromatic rings. The van der Waals surface area contributed by atoms with Crippen molar-refractivity contribution in [3.05, 3.63) is 132 Å². The van der Waals surface area contributed by atoms with Gasteiger partial charge in [-0.1, -0.05) is 117 Å². The number of fused-ring (bicyclic) bond motifs is 2. The van der Waals surface area contributed by atoms with Gasteiger partial charge in [0, 0.05) is 0 Å². The fraction of sp³-hybridized carbons (Fsp3) is 0.440. The van der Waals surface area contributed by atoms with Gasteiger partial charge in [-0.25, -0.2) is 12.2 Å². The Labute approximate surface area is 374 Å². The fourth-order valence-electron chi connectivity index (χ4n) is 5.45. The van der Waals surface area contributed by atoms with Crippen LogP contribution in [0.5, 0.6) is 0 Å². The van der Waals surface area contributed by atoms with E-state index in [1.54, 1.807) is 48.5 Å². The van der Waals surface area contributed by atoms with Crippen LogP contribution in [-0.2, 0) is 59.3 Å². The summed E-state index contributed by atoms with van der Waals surface area (Å²) in [5, 5.41) is 5.50. The van der Waals surface area contributed by atoms with Crippen LogP contribution in [0.15, 0.2) is 108 Å². The number of allylic oxidation sites excluding steroid dienone is 8. The second-order valence-electron chi connectivity index (χ2n) is 18.1. The number of hydrogen-bond donors (Lipinski definition) is 0. The van der Waals surface area contributed by atoms with Gasteiger partial charge in [0.05, 0.1) is 0 Å². The molecule has 0 radical (unpaired) electrons. The Morgan fingerprint density at radius 1 is 0.500 bits per heavy atom. The first-order valence-corrected chi connectivity index (χ1v) is 21.2. The molecule has 0 bridgehead atoms. The van der Waals surface area contributed by atoms with Gasteiger partial charge in [0.25, 0.3) is 0 Å². The smallest absolute Gasteiger partial charge is 1.00 e. The molecule has 0 atom stereocenters. The standard InChI is InChI=1S/2C13H15.2C9H13.2C3H6.2ClH.2Zr/c2*1-13(2,3)12-9-8-10-6-4-5-7-11(10)12;2*1-9(2,3)8-6-4-5-7-8;2*1-3-2;;;;/h2*4-9H,1-3H3;2*6-7H,4H2,1-3H3;2*1-2H3;2*1H;;/q4*-1;;;;;2*+2/p-2. The van der Waals surface area contributed by atoms with Gasteiger partial charge < -0.3 is 24.8 Å². The van der Waals surface area contributed by atoms with E-state index >= 15 is 0 Å². The second kappa shape index (κ2) is 25.1. The summed E-state index contributed by atoms with van der Waals surface area (Å²) in [5.41, 5.74) is 6.88. The second-order valence-corrected chi connectivity index (χ2v) is 23.0. The molecule has 0 aromatic heterocycles. The third kappa shape index (κ3) is 21.3. The summed E-state index contributed by atoms with van der Waals surface area (Å²) in [6, 6.07) is 26.0. The largest absolute Gasteiger partial charge is 1.00 e. The van der Waals surface area contributed by atoms with E-state index in [4.69, 9.17) is 0 Å². The van der Waals surface area contributed by atoms with E-state index in [0.717, 1.165) is 12.8 Å². The van der Waals surface area contributed by atoms with E-state index in [-0.39, 0.29) is 35.6 Å². The van der Waals surface area contributed by atoms with Gasteiger partial charge in [-0.2, -0.15) is 23.3 Å². The van der Waals surface area contributed by atoms with Crippen LogP contribution in [0.3, 0.4) is 0 Å². The van der Waals surface area contributed by atoms with E-state index in [0.29, 0.717) is 10.8 Å². The minimum atomic E-state index is 0. The Balaban J connectivity index is 0. The summed E-state index contributed by atoms with van der Waals surface area (Å²) in [6.45, 7) is 35.4. The van der Waals surface area contributed by atoms with Crippen LogP contribution < -0.4 is 24.8 Å². The molecule has 0 unspecified atom stereocenters.